The molecule has 0 N–H and O–H groups in total. The molecule has 0 atom stereocenters. The number of aromatic nitrogens is 1. The number of nitriles is 1. The van der Waals surface area contributed by atoms with Crippen molar-refractivity contribution in [3.05, 3.63) is 23.0 Å². The second-order valence-electron chi connectivity index (χ2n) is 3.46. The smallest absolute Gasteiger partial charge is 0.403 e. The molecule has 1 heterocycles. The summed E-state index contributed by atoms with van der Waals surface area (Å²) in [6.07, 6.45) is -10.9. The van der Waals surface area contributed by atoms with Crippen LogP contribution in [0.2, 0.25) is 0 Å². The van der Waals surface area contributed by atoms with Gasteiger partial charge in [-0.15, -0.1) is 13.2 Å². The Morgan fingerprint density at radius 1 is 1.25 bits per heavy atom. The molecule has 1 aromatic rings. The van der Waals surface area contributed by atoms with Crippen molar-refractivity contribution in [3.63, 3.8) is 0 Å². The van der Waals surface area contributed by atoms with Crippen LogP contribution < -0.4 is 4.74 Å². The van der Waals surface area contributed by atoms with Crippen molar-refractivity contribution in [3.8, 4) is 11.8 Å². The Morgan fingerprint density at radius 3 is 2.25 bits per heavy atom. The third kappa shape index (κ3) is 4.26. The Bertz CT molecular complexity index is 534. The lowest BCUT2D eigenvalue weighted by Crippen LogP contribution is -2.22. The van der Waals surface area contributed by atoms with E-state index in [9.17, 15) is 26.3 Å². The second kappa shape index (κ2) is 5.87. The highest BCUT2D eigenvalue weighted by Crippen LogP contribution is 2.38. The molecule has 0 aromatic carbocycles. The third-order valence-electron chi connectivity index (χ3n) is 2.04. The van der Waals surface area contributed by atoms with Gasteiger partial charge in [0.1, 0.15) is 0 Å². The Morgan fingerprint density at radius 2 is 1.85 bits per heavy atom. The minimum atomic E-state index is -5.28. The van der Waals surface area contributed by atoms with Gasteiger partial charge in [-0.1, -0.05) is 15.9 Å². The van der Waals surface area contributed by atoms with Gasteiger partial charge in [0.15, 0.2) is 11.4 Å². The Balaban J connectivity index is 3.44. The SMILES string of the molecule is N#CCc1nc(C(F)(F)F)c(OC(F)(F)F)cc1CBr. The van der Waals surface area contributed by atoms with Gasteiger partial charge < -0.3 is 4.74 Å². The molecular formula is C10H5BrF6N2O. The number of alkyl halides is 7. The zero-order chi connectivity index (χ0) is 15.6. The molecule has 0 saturated heterocycles. The number of hydrogen-bond donors (Lipinski definition) is 0. The van der Waals surface area contributed by atoms with E-state index in [1.165, 1.54) is 0 Å². The highest BCUT2D eigenvalue weighted by Gasteiger charge is 2.41. The highest BCUT2D eigenvalue weighted by atomic mass is 79.9. The Kier molecular flexibility index (Phi) is 4.86. The number of pyridine rings is 1. The number of hydrogen-bond acceptors (Lipinski definition) is 3. The molecule has 0 amide bonds. The van der Waals surface area contributed by atoms with Crippen LogP contribution >= 0.6 is 15.9 Å². The summed E-state index contributed by atoms with van der Waals surface area (Å²) in [5, 5.41) is 8.43. The van der Waals surface area contributed by atoms with Crippen molar-refractivity contribution in [2.45, 2.75) is 24.3 Å². The van der Waals surface area contributed by atoms with Crippen LogP contribution in [0.25, 0.3) is 0 Å². The van der Waals surface area contributed by atoms with Gasteiger partial charge in [-0.25, -0.2) is 4.98 Å². The summed E-state index contributed by atoms with van der Waals surface area (Å²) < 4.78 is 77.7. The molecule has 0 aliphatic rings. The van der Waals surface area contributed by atoms with Crippen molar-refractivity contribution in [2.75, 3.05) is 0 Å². The van der Waals surface area contributed by atoms with Gasteiger partial charge >= 0.3 is 12.5 Å². The van der Waals surface area contributed by atoms with E-state index in [4.69, 9.17) is 5.26 Å². The Hall–Kier alpha value is -1.50. The highest BCUT2D eigenvalue weighted by molar-refractivity contribution is 9.08. The van der Waals surface area contributed by atoms with Gasteiger partial charge in [0.05, 0.1) is 18.2 Å². The van der Waals surface area contributed by atoms with E-state index in [1.54, 1.807) is 6.07 Å². The second-order valence-corrected chi connectivity index (χ2v) is 4.02. The molecule has 20 heavy (non-hydrogen) atoms. The normalized spacial score (nSPS) is 12.1. The summed E-state index contributed by atoms with van der Waals surface area (Å²) in [6.45, 7) is 0. The van der Waals surface area contributed by atoms with Crippen molar-refractivity contribution in [2.24, 2.45) is 0 Å². The molecule has 0 aliphatic heterocycles. The van der Waals surface area contributed by atoms with Gasteiger partial charge in [-0.3, -0.25) is 0 Å². The maximum atomic E-state index is 12.7. The first kappa shape index (κ1) is 16.6. The van der Waals surface area contributed by atoms with E-state index >= 15 is 0 Å². The molecule has 110 valence electrons. The fourth-order valence-corrected chi connectivity index (χ4v) is 1.81. The topological polar surface area (TPSA) is 45.9 Å². The molecule has 0 fully saturated rings. The predicted octanol–water partition coefficient (Wildman–Crippen LogP) is 3.96. The van der Waals surface area contributed by atoms with Gasteiger partial charge in [0.2, 0.25) is 0 Å². The van der Waals surface area contributed by atoms with Crippen molar-refractivity contribution < 1.29 is 31.1 Å². The van der Waals surface area contributed by atoms with Crippen molar-refractivity contribution in [1.82, 2.24) is 4.98 Å². The van der Waals surface area contributed by atoms with E-state index in [0.717, 1.165) is 0 Å². The average Bonchev–Trinajstić information content (AvgIpc) is 2.27. The molecule has 0 radical (unpaired) electrons. The summed E-state index contributed by atoms with van der Waals surface area (Å²) in [5.41, 5.74) is -2.06. The predicted molar refractivity (Wildman–Crippen MR) is 57.9 cm³/mol. The van der Waals surface area contributed by atoms with Crippen LogP contribution in [0.4, 0.5) is 26.3 Å². The zero-order valence-electron chi connectivity index (χ0n) is 9.44. The molecule has 10 heteroatoms. The average molecular weight is 363 g/mol. The summed E-state index contributed by atoms with van der Waals surface area (Å²) in [5.74, 6) is -1.44. The summed E-state index contributed by atoms with van der Waals surface area (Å²) in [4.78, 5) is 3.09. The molecular weight excluding hydrogens is 358 g/mol. The lowest BCUT2D eigenvalue weighted by Gasteiger charge is -2.16. The fraction of sp³-hybridized carbons (Fsp3) is 0.400. The lowest BCUT2D eigenvalue weighted by atomic mass is 10.1. The number of rotatable bonds is 3. The molecule has 0 saturated carbocycles. The third-order valence-corrected chi connectivity index (χ3v) is 2.64. The van der Waals surface area contributed by atoms with Crippen molar-refractivity contribution in [1.29, 1.82) is 5.26 Å². The Labute approximate surface area is 117 Å². The largest absolute Gasteiger partial charge is 0.573 e. The summed E-state index contributed by atoms with van der Waals surface area (Å²) >= 11 is 2.90. The van der Waals surface area contributed by atoms with Gasteiger partial charge in [-0.2, -0.15) is 18.4 Å². The maximum absolute atomic E-state index is 12.7. The maximum Gasteiger partial charge on any atom is 0.573 e. The van der Waals surface area contributed by atoms with E-state index < -0.39 is 30.4 Å². The van der Waals surface area contributed by atoms with Crippen LogP contribution in [-0.2, 0) is 17.9 Å². The first-order chi connectivity index (χ1) is 9.08. The fourth-order valence-electron chi connectivity index (χ4n) is 1.32. The van der Waals surface area contributed by atoms with Gasteiger partial charge in [0.25, 0.3) is 0 Å². The summed E-state index contributed by atoms with van der Waals surface area (Å²) in [7, 11) is 0. The molecule has 0 aliphatic carbocycles. The number of nitrogens with zero attached hydrogens (tertiary/aromatic N) is 2. The number of ether oxygens (including phenoxy) is 1. The van der Waals surface area contributed by atoms with E-state index in [2.05, 4.69) is 25.7 Å². The van der Waals surface area contributed by atoms with Crippen LogP contribution in [0.1, 0.15) is 17.0 Å². The van der Waals surface area contributed by atoms with Crippen LogP contribution in [-0.4, -0.2) is 11.3 Å². The molecule has 1 rings (SSSR count). The minimum absolute atomic E-state index is 0.0128. The van der Waals surface area contributed by atoms with E-state index in [0.29, 0.717) is 6.07 Å². The molecule has 0 bridgehead atoms. The van der Waals surface area contributed by atoms with Crippen LogP contribution in [0.15, 0.2) is 6.07 Å². The van der Waals surface area contributed by atoms with Crippen LogP contribution in [0.3, 0.4) is 0 Å². The first-order valence-corrected chi connectivity index (χ1v) is 5.99. The van der Waals surface area contributed by atoms with E-state index in [-0.39, 0.29) is 16.6 Å². The molecule has 3 nitrogen and oxygen atoms in total. The monoisotopic (exact) mass is 362 g/mol. The minimum Gasteiger partial charge on any atom is -0.403 e. The first-order valence-electron chi connectivity index (χ1n) is 4.87. The van der Waals surface area contributed by atoms with Gasteiger partial charge in [-0.05, 0) is 11.6 Å². The zero-order valence-corrected chi connectivity index (χ0v) is 11.0. The van der Waals surface area contributed by atoms with Crippen LogP contribution in [0, 0.1) is 11.3 Å². The van der Waals surface area contributed by atoms with Crippen LogP contribution in [0.5, 0.6) is 5.75 Å². The van der Waals surface area contributed by atoms with E-state index in [1.807, 2.05) is 0 Å². The summed E-state index contributed by atoms with van der Waals surface area (Å²) in [6, 6.07) is 2.17. The molecule has 0 unspecified atom stereocenters. The number of halogens is 7. The standard InChI is InChI=1S/C10H5BrF6N2O/c11-4-5-3-7(20-10(15,16)17)8(9(12,13)14)19-6(5)1-2-18/h3H,1,4H2. The van der Waals surface area contributed by atoms with Gasteiger partial charge in [0, 0.05) is 5.33 Å². The lowest BCUT2D eigenvalue weighted by molar-refractivity contribution is -0.276. The quantitative estimate of drug-likeness (QED) is 0.603. The molecule has 1 aromatic heterocycles. The van der Waals surface area contributed by atoms with Crippen molar-refractivity contribution >= 4 is 15.9 Å². The molecule has 0 spiro atoms.